The van der Waals surface area contributed by atoms with Gasteiger partial charge in [-0.25, -0.2) is 4.79 Å². The molecule has 0 aliphatic rings. The molecule has 0 saturated heterocycles. The zero-order valence-corrected chi connectivity index (χ0v) is 17.6. The van der Waals surface area contributed by atoms with Gasteiger partial charge in [-0.2, -0.15) is 0 Å². The van der Waals surface area contributed by atoms with E-state index in [1.807, 2.05) is 36.4 Å². The van der Waals surface area contributed by atoms with Crippen LogP contribution in [0, 0.1) is 0 Å². The first kappa shape index (κ1) is 23.0. The molecule has 2 rings (SSSR count). The molecule has 0 aliphatic carbocycles. The number of aliphatic hydroxyl groups excluding tert-OH is 1. The number of aliphatic hydroxyl groups is 1. The Morgan fingerprint density at radius 3 is 2.66 bits per heavy atom. The lowest BCUT2D eigenvalue weighted by molar-refractivity contribution is 0.150. The zero-order valence-electron chi connectivity index (χ0n) is 16.9. The highest BCUT2D eigenvalue weighted by Gasteiger charge is 2.10. The Morgan fingerprint density at radius 2 is 1.97 bits per heavy atom. The molecule has 0 radical (unpaired) electrons. The van der Waals surface area contributed by atoms with Crippen LogP contribution in [0.5, 0.6) is 5.75 Å². The van der Waals surface area contributed by atoms with Gasteiger partial charge in [0.1, 0.15) is 12.4 Å². The largest absolute Gasteiger partial charge is 0.492 e. The Bertz CT molecular complexity index is 755. The van der Waals surface area contributed by atoms with Crippen molar-refractivity contribution < 1.29 is 19.4 Å². The van der Waals surface area contributed by atoms with E-state index < -0.39 is 12.2 Å². The molecule has 0 heterocycles. The molecule has 0 aliphatic heterocycles. The maximum absolute atomic E-state index is 11.2. The lowest BCUT2D eigenvalue weighted by atomic mass is 10.1. The molecule has 2 unspecified atom stereocenters. The summed E-state index contributed by atoms with van der Waals surface area (Å²) in [6.45, 7) is 5.40. The Morgan fingerprint density at radius 1 is 1.21 bits per heavy atom. The average Bonchev–Trinajstić information content (AvgIpc) is 2.71. The molecular weight excluding hydrogens is 392 g/mol. The fraction of sp³-hybridized carbons (Fsp3) is 0.409. The van der Waals surface area contributed by atoms with E-state index in [4.69, 9.17) is 21.1 Å². The summed E-state index contributed by atoms with van der Waals surface area (Å²) in [5.41, 5.74) is 1.97. The summed E-state index contributed by atoms with van der Waals surface area (Å²) in [4.78, 5) is 11.2. The van der Waals surface area contributed by atoms with Gasteiger partial charge in [0.2, 0.25) is 0 Å². The second-order valence-corrected chi connectivity index (χ2v) is 7.16. The zero-order chi connectivity index (χ0) is 21.1. The molecule has 0 saturated carbocycles. The van der Waals surface area contributed by atoms with E-state index in [2.05, 4.69) is 17.6 Å². The van der Waals surface area contributed by atoms with Crippen molar-refractivity contribution in [1.29, 1.82) is 0 Å². The van der Waals surface area contributed by atoms with Gasteiger partial charge in [-0.3, -0.25) is 0 Å². The Balaban J connectivity index is 1.69. The molecule has 6 nitrogen and oxygen atoms in total. The van der Waals surface area contributed by atoms with Gasteiger partial charge in [0.15, 0.2) is 0 Å². The van der Waals surface area contributed by atoms with Gasteiger partial charge in [-0.05, 0) is 55.7 Å². The number of carbonyl (C=O) groups excluding carboxylic acids is 1. The lowest BCUT2D eigenvalue weighted by Gasteiger charge is -2.18. The highest BCUT2D eigenvalue weighted by molar-refractivity contribution is 6.30. The van der Waals surface area contributed by atoms with E-state index >= 15 is 0 Å². The van der Waals surface area contributed by atoms with Crippen LogP contribution in [0.25, 0.3) is 0 Å². The molecule has 3 N–H and O–H groups in total. The SMILES string of the molecule is CCOC(=O)NCCOc1ccc(CC(C)NCC(O)c2cccc(Cl)c2)cc1. The van der Waals surface area contributed by atoms with Crippen LogP contribution in [0.3, 0.4) is 0 Å². The summed E-state index contributed by atoms with van der Waals surface area (Å²) >= 11 is 5.97. The molecule has 0 fully saturated rings. The number of nitrogens with one attached hydrogen (secondary N) is 2. The number of alkyl carbamates (subject to hydrolysis) is 1. The van der Waals surface area contributed by atoms with Gasteiger partial charge < -0.3 is 25.2 Å². The number of amides is 1. The number of rotatable bonds is 11. The minimum absolute atomic E-state index is 0.199. The van der Waals surface area contributed by atoms with Crippen molar-refractivity contribution in [3.05, 3.63) is 64.7 Å². The predicted octanol–water partition coefficient (Wildman–Crippen LogP) is 3.72. The van der Waals surface area contributed by atoms with Crippen molar-refractivity contribution in [3.63, 3.8) is 0 Å². The molecule has 0 bridgehead atoms. The van der Waals surface area contributed by atoms with Crippen LogP contribution in [-0.4, -0.2) is 43.5 Å². The first-order valence-electron chi connectivity index (χ1n) is 9.77. The number of benzene rings is 2. The fourth-order valence-corrected chi connectivity index (χ4v) is 2.99. The number of hydrogen-bond donors (Lipinski definition) is 3. The molecule has 7 heteroatoms. The van der Waals surface area contributed by atoms with Crippen LogP contribution >= 0.6 is 11.6 Å². The van der Waals surface area contributed by atoms with Gasteiger partial charge in [0.05, 0.1) is 19.3 Å². The third-order valence-corrected chi connectivity index (χ3v) is 4.51. The molecule has 29 heavy (non-hydrogen) atoms. The van der Waals surface area contributed by atoms with Gasteiger partial charge in [0.25, 0.3) is 0 Å². The molecule has 0 spiro atoms. The van der Waals surface area contributed by atoms with Gasteiger partial charge in [-0.1, -0.05) is 35.9 Å². The monoisotopic (exact) mass is 420 g/mol. The lowest BCUT2D eigenvalue weighted by Crippen LogP contribution is -2.32. The highest BCUT2D eigenvalue weighted by Crippen LogP contribution is 2.18. The molecule has 2 aromatic rings. The van der Waals surface area contributed by atoms with Crippen molar-refractivity contribution in [1.82, 2.24) is 10.6 Å². The van der Waals surface area contributed by atoms with Crippen molar-refractivity contribution in [2.24, 2.45) is 0 Å². The minimum atomic E-state index is -0.602. The van der Waals surface area contributed by atoms with Crippen LogP contribution in [0.2, 0.25) is 5.02 Å². The number of ether oxygens (including phenoxy) is 2. The second kappa shape index (κ2) is 12.3. The van der Waals surface area contributed by atoms with E-state index in [-0.39, 0.29) is 6.04 Å². The van der Waals surface area contributed by atoms with E-state index in [9.17, 15) is 9.90 Å². The van der Waals surface area contributed by atoms with Crippen LogP contribution in [-0.2, 0) is 11.2 Å². The van der Waals surface area contributed by atoms with Crippen molar-refractivity contribution >= 4 is 17.7 Å². The summed E-state index contributed by atoms with van der Waals surface area (Å²) in [6, 6.07) is 15.3. The van der Waals surface area contributed by atoms with Crippen molar-refractivity contribution in [2.45, 2.75) is 32.4 Å². The van der Waals surface area contributed by atoms with Crippen molar-refractivity contribution in [3.8, 4) is 5.75 Å². The molecular formula is C22H29ClN2O4. The third kappa shape index (κ3) is 8.73. The average molecular weight is 421 g/mol. The first-order valence-corrected chi connectivity index (χ1v) is 10.1. The number of carbonyl (C=O) groups is 1. The van der Waals surface area contributed by atoms with Gasteiger partial charge in [-0.15, -0.1) is 0 Å². The molecule has 1 amide bonds. The Hall–Kier alpha value is -2.28. The summed E-state index contributed by atoms with van der Waals surface area (Å²) in [6.07, 6.45) is -0.212. The quantitative estimate of drug-likeness (QED) is 0.483. The normalized spacial score (nSPS) is 12.8. The van der Waals surface area contributed by atoms with E-state index in [1.54, 1.807) is 19.1 Å². The molecule has 2 atom stereocenters. The molecule has 0 aromatic heterocycles. The number of hydrogen-bond acceptors (Lipinski definition) is 5. The second-order valence-electron chi connectivity index (χ2n) is 6.72. The summed E-state index contributed by atoms with van der Waals surface area (Å²) in [5, 5.41) is 16.9. The maximum atomic E-state index is 11.2. The fourth-order valence-electron chi connectivity index (χ4n) is 2.80. The highest BCUT2D eigenvalue weighted by atomic mass is 35.5. The standard InChI is InChI=1S/C22H29ClN2O4/c1-3-28-22(27)24-11-12-29-20-9-7-17(8-10-20)13-16(2)25-15-21(26)18-5-4-6-19(23)14-18/h4-10,14,16,21,25-26H,3,11-13,15H2,1-2H3,(H,24,27). The van der Waals surface area contributed by atoms with E-state index in [0.29, 0.717) is 31.3 Å². The molecule has 2 aromatic carbocycles. The smallest absolute Gasteiger partial charge is 0.407 e. The van der Waals surface area contributed by atoms with E-state index in [1.165, 1.54) is 5.56 Å². The number of halogens is 1. The first-order chi connectivity index (χ1) is 14.0. The summed E-state index contributed by atoms with van der Waals surface area (Å²) in [5.74, 6) is 0.747. The van der Waals surface area contributed by atoms with Crippen LogP contribution in [0.4, 0.5) is 4.79 Å². The third-order valence-electron chi connectivity index (χ3n) is 4.27. The van der Waals surface area contributed by atoms with Gasteiger partial charge >= 0.3 is 6.09 Å². The predicted molar refractivity (Wildman–Crippen MR) is 115 cm³/mol. The topological polar surface area (TPSA) is 79.8 Å². The van der Waals surface area contributed by atoms with Crippen LogP contribution in [0.1, 0.15) is 31.1 Å². The van der Waals surface area contributed by atoms with Crippen molar-refractivity contribution in [2.75, 3.05) is 26.3 Å². The van der Waals surface area contributed by atoms with Crippen LogP contribution in [0.15, 0.2) is 48.5 Å². The summed E-state index contributed by atoms with van der Waals surface area (Å²) in [7, 11) is 0. The molecule has 158 valence electrons. The summed E-state index contributed by atoms with van der Waals surface area (Å²) < 4.78 is 10.4. The van der Waals surface area contributed by atoms with Gasteiger partial charge in [0, 0.05) is 17.6 Å². The van der Waals surface area contributed by atoms with E-state index in [0.717, 1.165) is 17.7 Å². The Labute approximate surface area is 177 Å². The maximum Gasteiger partial charge on any atom is 0.407 e. The Kier molecular flexibility index (Phi) is 9.77. The van der Waals surface area contributed by atoms with Crippen LogP contribution < -0.4 is 15.4 Å². The minimum Gasteiger partial charge on any atom is -0.492 e.